The third-order valence-corrected chi connectivity index (χ3v) is 3.11. The van der Waals surface area contributed by atoms with Gasteiger partial charge in [0.25, 0.3) is 0 Å². The van der Waals surface area contributed by atoms with E-state index < -0.39 is 6.04 Å². The second kappa shape index (κ2) is 6.29. The molecule has 4 heteroatoms. The van der Waals surface area contributed by atoms with Crippen LogP contribution in [0.2, 0.25) is 0 Å². The number of hydrogen-bond acceptors (Lipinski definition) is 3. The molecule has 0 aliphatic heterocycles. The molecule has 0 aliphatic carbocycles. The molecule has 4 nitrogen and oxygen atoms in total. The molecule has 1 heterocycles. The van der Waals surface area contributed by atoms with Gasteiger partial charge in [0.05, 0.1) is 11.6 Å². The molecule has 0 fully saturated rings. The molecule has 1 atom stereocenters. The Hall–Kier alpha value is -1.94. The van der Waals surface area contributed by atoms with Gasteiger partial charge >= 0.3 is 0 Å². The summed E-state index contributed by atoms with van der Waals surface area (Å²) >= 11 is 0. The van der Waals surface area contributed by atoms with E-state index >= 15 is 0 Å². The molecular weight excluding hydrogens is 238 g/mol. The summed E-state index contributed by atoms with van der Waals surface area (Å²) < 4.78 is 0. The fourth-order valence-corrected chi connectivity index (χ4v) is 2.07. The first-order valence-electron chi connectivity index (χ1n) is 6.58. The number of nitrogens with two attached hydrogens (primary N) is 1. The van der Waals surface area contributed by atoms with Crippen molar-refractivity contribution in [3.63, 3.8) is 0 Å². The second-order valence-electron chi connectivity index (χ2n) is 4.61. The molecule has 19 heavy (non-hydrogen) atoms. The van der Waals surface area contributed by atoms with Crippen molar-refractivity contribution in [1.82, 2.24) is 10.3 Å². The van der Waals surface area contributed by atoms with Crippen LogP contribution in [-0.4, -0.2) is 16.9 Å². The van der Waals surface area contributed by atoms with Gasteiger partial charge in [-0.25, -0.2) is 0 Å². The predicted octanol–water partition coefficient (Wildman–Crippen LogP) is 1.98. The highest BCUT2D eigenvalue weighted by molar-refractivity contribution is 5.84. The van der Waals surface area contributed by atoms with Crippen LogP contribution in [0.5, 0.6) is 0 Å². The smallest absolute Gasteiger partial charge is 0.237 e. The van der Waals surface area contributed by atoms with Crippen molar-refractivity contribution in [1.29, 1.82) is 0 Å². The van der Waals surface area contributed by atoms with Crippen LogP contribution < -0.4 is 11.1 Å². The average molecular weight is 257 g/mol. The number of nitrogens with zero attached hydrogens (tertiary/aromatic N) is 1. The van der Waals surface area contributed by atoms with Crippen molar-refractivity contribution in [2.75, 3.05) is 0 Å². The lowest BCUT2D eigenvalue weighted by atomic mass is 10.1. The molecule has 0 spiro atoms. The summed E-state index contributed by atoms with van der Waals surface area (Å²) in [6.45, 7) is 2.48. The normalized spacial score (nSPS) is 12.3. The monoisotopic (exact) mass is 257 g/mol. The van der Waals surface area contributed by atoms with Crippen molar-refractivity contribution in [2.45, 2.75) is 32.4 Å². The Morgan fingerprint density at radius 1 is 1.37 bits per heavy atom. The van der Waals surface area contributed by atoms with Gasteiger partial charge in [-0.05, 0) is 18.1 Å². The zero-order valence-corrected chi connectivity index (χ0v) is 11.1. The Bertz CT molecular complexity index is 563. The summed E-state index contributed by atoms with van der Waals surface area (Å²) in [4.78, 5) is 16.1. The van der Waals surface area contributed by atoms with E-state index in [-0.39, 0.29) is 5.91 Å². The summed E-state index contributed by atoms with van der Waals surface area (Å²) in [5.74, 6) is -0.102. The predicted molar refractivity (Wildman–Crippen MR) is 76.5 cm³/mol. The summed E-state index contributed by atoms with van der Waals surface area (Å²) in [7, 11) is 0. The SMILES string of the molecule is CCC[C@H](N)C(=O)NCc1cccc2cccnc12. The van der Waals surface area contributed by atoms with Crippen molar-refractivity contribution in [2.24, 2.45) is 5.73 Å². The highest BCUT2D eigenvalue weighted by Crippen LogP contribution is 2.15. The number of benzene rings is 1. The minimum atomic E-state index is -0.423. The van der Waals surface area contributed by atoms with Crippen LogP contribution in [0.3, 0.4) is 0 Å². The minimum Gasteiger partial charge on any atom is -0.351 e. The third-order valence-electron chi connectivity index (χ3n) is 3.11. The Morgan fingerprint density at radius 2 is 2.16 bits per heavy atom. The fraction of sp³-hybridized carbons (Fsp3) is 0.333. The van der Waals surface area contributed by atoms with Gasteiger partial charge in [-0.1, -0.05) is 37.6 Å². The maximum atomic E-state index is 11.8. The van der Waals surface area contributed by atoms with Crippen LogP contribution in [0.1, 0.15) is 25.3 Å². The number of aromatic nitrogens is 1. The number of nitrogens with one attached hydrogen (secondary N) is 1. The van der Waals surface area contributed by atoms with Crippen LogP contribution in [0, 0.1) is 0 Å². The molecule has 2 aromatic rings. The zero-order chi connectivity index (χ0) is 13.7. The van der Waals surface area contributed by atoms with Crippen molar-refractivity contribution in [3.05, 3.63) is 42.1 Å². The topological polar surface area (TPSA) is 68.0 Å². The molecule has 3 N–H and O–H groups in total. The first kappa shape index (κ1) is 13.5. The second-order valence-corrected chi connectivity index (χ2v) is 4.61. The number of amides is 1. The van der Waals surface area contributed by atoms with Crippen LogP contribution in [0.25, 0.3) is 10.9 Å². The molecular formula is C15H19N3O. The maximum Gasteiger partial charge on any atom is 0.237 e. The third kappa shape index (κ3) is 3.29. The quantitative estimate of drug-likeness (QED) is 0.860. The van der Waals surface area contributed by atoms with Crippen LogP contribution in [-0.2, 0) is 11.3 Å². The minimum absolute atomic E-state index is 0.102. The maximum absolute atomic E-state index is 11.8. The van der Waals surface area contributed by atoms with Crippen LogP contribution in [0.15, 0.2) is 36.5 Å². The molecule has 2 rings (SSSR count). The van der Waals surface area contributed by atoms with Crippen molar-refractivity contribution < 1.29 is 4.79 Å². The summed E-state index contributed by atoms with van der Waals surface area (Å²) in [6.07, 6.45) is 3.38. The van der Waals surface area contributed by atoms with E-state index in [4.69, 9.17) is 5.73 Å². The van der Waals surface area contributed by atoms with E-state index in [9.17, 15) is 4.79 Å². The first-order valence-corrected chi connectivity index (χ1v) is 6.58. The summed E-state index contributed by atoms with van der Waals surface area (Å²) in [5.41, 5.74) is 7.71. The van der Waals surface area contributed by atoms with Gasteiger partial charge in [-0.2, -0.15) is 0 Å². The molecule has 0 saturated heterocycles. The number of hydrogen-bond donors (Lipinski definition) is 2. The number of fused-ring (bicyclic) bond motifs is 1. The number of para-hydroxylation sites is 1. The summed E-state index contributed by atoms with van der Waals surface area (Å²) in [6, 6.07) is 9.45. The van der Waals surface area contributed by atoms with Crippen molar-refractivity contribution >= 4 is 16.8 Å². The number of pyridine rings is 1. The van der Waals surface area contributed by atoms with E-state index in [1.807, 2.05) is 37.3 Å². The molecule has 0 saturated carbocycles. The Balaban J connectivity index is 2.08. The van der Waals surface area contributed by atoms with E-state index in [1.54, 1.807) is 6.20 Å². The van der Waals surface area contributed by atoms with E-state index in [1.165, 1.54) is 0 Å². The molecule has 100 valence electrons. The van der Waals surface area contributed by atoms with Gasteiger partial charge in [-0.3, -0.25) is 9.78 Å². The van der Waals surface area contributed by atoms with Gasteiger partial charge in [0.1, 0.15) is 0 Å². The van der Waals surface area contributed by atoms with E-state index in [2.05, 4.69) is 10.3 Å². The highest BCUT2D eigenvalue weighted by atomic mass is 16.2. The number of carbonyl (C=O) groups excluding carboxylic acids is 1. The summed E-state index contributed by atoms with van der Waals surface area (Å²) in [5, 5.41) is 3.95. The lowest BCUT2D eigenvalue weighted by Crippen LogP contribution is -2.40. The van der Waals surface area contributed by atoms with Gasteiger partial charge in [0.15, 0.2) is 0 Å². The lowest BCUT2D eigenvalue weighted by molar-refractivity contribution is -0.122. The number of rotatable bonds is 5. The fourth-order valence-electron chi connectivity index (χ4n) is 2.07. The Kier molecular flexibility index (Phi) is 4.47. The lowest BCUT2D eigenvalue weighted by Gasteiger charge is -2.12. The highest BCUT2D eigenvalue weighted by Gasteiger charge is 2.12. The molecule has 0 bridgehead atoms. The molecule has 1 amide bonds. The Morgan fingerprint density at radius 3 is 2.95 bits per heavy atom. The van der Waals surface area contributed by atoms with E-state index in [0.29, 0.717) is 13.0 Å². The van der Waals surface area contributed by atoms with E-state index in [0.717, 1.165) is 22.9 Å². The van der Waals surface area contributed by atoms with Gasteiger partial charge in [0, 0.05) is 18.1 Å². The van der Waals surface area contributed by atoms with Gasteiger partial charge < -0.3 is 11.1 Å². The molecule has 0 unspecified atom stereocenters. The zero-order valence-electron chi connectivity index (χ0n) is 11.1. The van der Waals surface area contributed by atoms with Gasteiger partial charge in [0.2, 0.25) is 5.91 Å². The van der Waals surface area contributed by atoms with Crippen LogP contribution in [0.4, 0.5) is 0 Å². The molecule has 1 aromatic heterocycles. The van der Waals surface area contributed by atoms with Crippen molar-refractivity contribution in [3.8, 4) is 0 Å². The Labute approximate surface area is 113 Å². The molecule has 0 aliphatic rings. The molecule has 0 radical (unpaired) electrons. The standard InChI is InChI=1S/C15H19N3O/c1-2-5-13(16)15(19)18-10-12-7-3-6-11-8-4-9-17-14(11)12/h3-4,6-9,13H,2,5,10,16H2,1H3,(H,18,19)/t13-/m0/s1. The number of carbonyl (C=O) groups is 1. The van der Waals surface area contributed by atoms with Crippen LogP contribution >= 0.6 is 0 Å². The first-order chi connectivity index (χ1) is 9.22. The largest absolute Gasteiger partial charge is 0.351 e. The molecule has 1 aromatic carbocycles. The average Bonchev–Trinajstić information content (AvgIpc) is 2.45. The van der Waals surface area contributed by atoms with Gasteiger partial charge in [-0.15, -0.1) is 0 Å².